The number of carboxylic acid groups (broad SMARTS) is 1. The first-order valence-corrected chi connectivity index (χ1v) is 13.1. The molecule has 0 radical (unpaired) electrons. The summed E-state index contributed by atoms with van der Waals surface area (Å²) >= 11 is 1.55. The molecule has 7 heteroatoms. The summed E-state index contributed by atoms with van der Waals surface area (Å²) in [5.74, 6) is -0.774. The number of hydrogen-bond donors (Lipinski definition) is 2. The summed E-state index contributed by atoms with van der Waals surface area (Å²) < 4.78 is 0. The van der Waals surface area contributed by atoms with E-state index in [1.165, 1.54) is 0 Å². The van der Waals surface area contributed by atoms with Gasteiger partial charge >= 0.3 is 24.8 Å². The summed E-state index contributed by atoms with van der Waals surface area (Å²) in [5, 5.41) is 13.4. The van der Waals surface area contributed by atoms with Gasteiger partial charge in [-0.05, 0) is 77.4 Å². The molecule has 4 aromatic rings. The average molecular weight is 505 g/mol. The number of aliphatic carboxylic acids is 1. The van der Waals surface area contributed by atoms with Gasteiger partial charge in [0.1, 0.15) is 6.04 Å². The van der Waals surface area contributed by atoms with Crippen molar-refractivity contribution in [2.75, 3.05) is 12.0 Å². The fraction of sp³-hybridized carbons (Fsp3) is 0.167. The van der Waals surface area contributed by atoms with Crippen LogP contribution < -0.4 is 24.2 Å². The molecule has 0 saturated heterocycles. The summed E-state index contributed by atoms with van der Waals surface area (Å²) in [6.45, 7) is 2.00. The largest absolute Gasteiger partial charge is 1.00 e. The number of thioether (sulfide) groups is 1. The number of pyridine rings is 1. The Hall–Kier alpha value is -3.30. The summed E-state index contributed by atoms with van der Waals surface area (Å²) in [5.41, 5.74) is 6.03. The number of nitrogens with one attached hydrogen (secondary N) is 1. The van der Waals surface area contributed by atoms with E-state index < -0.39 is 17.9 Å². The Morgan fingerprint density at radius 2 is 1.73 bits per heavy atom. The second-order valence-electron chi connectivity index (χ2n) is 8.56. The third-order valence-corrected chi connectivity index (χ3v) is 6.66. The predicted molar refractivity (Wildman–Crippen MR) is 150 cm³/mol. The van der Waals surface area contributed by atoms with Crippen molar-refractivity contribution in [2.45, 2.75) is 19.4 Å². The zero-order valence-corrected chi connectivity index (χ0v) is 22.1. The number of amides is 1. The van der Waals surface area contributed by atoms with Crippen LogP contribution in [0.2, 0.25) is 0 Å². The molecule has 0 bridgehead atoms. The van der Waals surface area contributed by atoms with Crippen molar-refractivity contribution in [1.82, 2.24) is 10.3 Å². The summed E-state index contributed by atoms with van der Waals surface area (Å²) in [6.07, 6.45) is 8.11. The van der Waals surface area contributed by atoms with E-state index in [0.29, 0.717) is 17.7 Å². The second-order valence-corrected chi connectivity index (χ2v) is 9.55. The van der Waals surface area contributed by atoms with Crippen LogP contribution >= 0.6 is 11.8 Å². The van der Waals surface area contributed by atoms with Gasteiger partial charge in [-0.25, -0.2) is 4.79 Å². The molecule has 3 aromatic carbocycles. The molecule has 0 aliphatic carbocycles. The predicted octanol–water partition coefficient (Wildman–Crippen LogP) is 3.43. The second kappa shape index (κ2) is 13.3. The van der Waals surface area contributed by atoms with Crippen molar-refractivity contribution in [1.29, 1.82) is 0 Å². The molecule has 0 aliphatic rings. The number of carboxylic acids is 1. The molecule has 1 heterocycles. The number of benzene rings is 3. The molecule has 184 valence electrons. The first kappa shape index (κ1) is 28.3. The number of fused-ring (bicyclic) bond motifs is 1. The molecule has 0 fully saturated rings. The van der Waals surface area contributed by atoms with Crippen LogP contribution in [0.3, 0.4) is 0 Å². The Morgan fingerprint density at radius 3 is 2.49 bits per heavy atom. The molecule has 2 N–H and O–H groups in total. The molecule has 37 heavy (non-hydrogen) atoms. The van der Waals surface area contributed by atoms with Gasteiger partial charge < -0.3 is 11.8 Å². The normalized spacial score (nSPS) is 11.7. The van der Waals surface area contributed by atoms with E-state index in [9.17, 15) is 14.7 Å². The Bertz CT molecular complexity index is 1440. The van der Waals surface area contributed by atoms with Gasteiger partial charge in [-0.15, -0.1) is 0 Å². The summed E-state index contributed by atoms with van der Waals surface area (Å²) in [4.78, 5) is 29.5. The topological polar surface area (TPSA) is 79.3 Å². The van der Waals surface area contributed by atoms with Crippen LogP contribution in [0.4, 0.5) is 0 Å². The van der Waals surface area contributed by atoms with Gasteiger partial charge in [0.25, 0.3) is 5.91 Å². The molecule has 1 aromatic heterocycles. The van der Waals surface area contributed by atoms with Crippen LogP contribution in [-0.4, -0.2) is 40.0 Å². The monoisotopic (exact) mass is 504 g/mol. The van der Waals surface area contributed by atoms with E-state index in [0.717, 1.165) is 38.7 Å². The molecular weight excluding hydrogens is 475 g/mol. The van der Waals surface area contributed by atoms with E-state index in [1.54, 1.807) is 17.8 Å². The first-order chi connectivity index (χ1) is 17.5. The number of carbonyl (C=O) groups is 2. The Morgan fingerprint density at radius 1 is 1.00 bits per heavy atom. The van der Waals surface area contributed by atoms with Gasteiger partial charge in [0.05, 0.1) is 5.52 Å². The number of aryl methyl sites for hydroxylation is 1. The van der Waals surface area contributed by atoms with E-state index >= 15 is 0 Å². The van der Waals surface area contributed by atoms with E-state index in [2.05, 4.69) is 16.4 Å². The number of aromatic nitrogens is 1. The Kier molecular flexibility index (Phi) is 10.2. The first-order valence-electron chi connectivity index (χ1n) is 11.7. The number of nitrogens with zero attached hydrogens (tertiary/aromatic N) is 1. The fourth-order valence-electron chi connectivity index (χ4n) is 4.06. The smallest absolute Gasteiger partial charge is 1.00 e. The van der Waals surface area contributed by atoms with Crippen LogP contribution in [-0.2, 0) is 4.79 Å². The fourth-order valence-corrected chi connectivity index (χ4v) is 4.53. The van der Waals surface area contributed by atoms with Crippen LogP contribution in [0.5, 0.6) is 0 Å². The minimum absolute atomic E-state index is 0. The SMILES string of the molecule is CSCCC(NC(=O)c1ccc(/C=C/c2cnc3ccccc3c2)cc1-c1ccccc1C)C(=O)O.[H-].[Li+]. The Balaban J connectivity index is 0.00000253. The molecule has 1 amide bonds. The number of hydrogen-bond acceptors (Lipinski definition) is 4. The van der Waals surface area contributed by atoms with Crippen molar-refractivity contribution >= 4 is 46.7 Å². The Labute approximate surface area is 235 Å². The molecule has 0 aliphatic heterocycles. The van der Waals surface area contributed by atoms with E-state index in [1.807, 2.05) is 92.2 Å². The van der Waals surface area contributed by atoms with Crippen molar-refractivity contribution < 1.29 is 35.0 Å². The zero-order valence-electron chi connectivity index (χ0n) is 22.3. The molecule has 0 spiro atoms. The van der Waals surface area contributed by atoms with Gasteiger partial charge in [-0.1, -0.05) is 60.7 Å². The average Bonchev–Trinajstić information content (AvgIpc) is 2.89. The molecule has 1 atom stereocenters. The number of para-hydroxylation sites is 1. The van der Waals surface area contributed by atoms with Crippen LogP contribution in [0.25, 0.3) is 34.2 Å². The third-order valence-electron chi connectivity index (χ3n) is 6.02. The van der Waals surface area contributed by atoms with Gasteiger partial charge in [0, 0.05) is 17.1 Å². The van der Waals surface area contributed by atoms with Gasteiger partial charge in [0.2, 0.25) is 0 Å². The van der Waals surface area contributed by atoms with Gasteiger partial charge in [-0.3, -0.25) is 9.78 Å². The minimum Gasteiger partial charge on any atom is -1.00 e. The number of rotatable bonds is 9. The van der Waals surface area contributed by atoms with Crippen LogP contribution in [0.15, 0.2) is 79.0 Å². The summed E-state index contributed by atoms with van der Waals surface area (Å²) in [7, 11) is 0. The maximum Gasteiger partial charge on any atom is 1.00 e. The molecule has 1 unspecified atom stereocenters. The molecule has 0 saturated carbocycles. The van der Waals surface area contributed by atoms with Crippen LogP contribution in [0.1, 0.15) is 34.9 Å². The molecule has 5 nitrogen and oxygen atoms in total. The van der Waals surface area contributed by atoms with Crippen molar-refractivity contribution in [3.05, 3.63) is 101 Å². The van der Waals surface area contributed by atoms with Crippen molar-refractivity contribution in [2.24, 2.45) is 0 Å². The quantitative estimate of drug-likeness (QED) is 0.342. The van der Waals surface area contributed by atoms with Crippen molar-refractivity contribution in [3.63, 3.8) is 0 Å². The van der Waals surface area contributed by atoms with Gasteiger partial charge in [-0.2, -0.15) is 11.8 Å². The van der Waals surface area contributed by atoms with Crippen molar-refractivity contribution in [3.8, 4) is 11.1 Å². The third kappa shape index (κ3) is 7.14. The van der Waals surface area contributed by atoms with Crippen LogP contribution in [0, 0.1) is 6.92 Å². The van der Waals surface area contributed by atoms with E-state index in [4.69, 9.17) is 0 Å². The maximum absolute atomic E-state index is 13.2. The number of carbonyl (C=O) groups excluding carboxylic acids is 1. The van der Waals surface area contributed by atoms with Gasteiger partial charge in [0.15, 0.2) is 0 Å². The summed E-state index contributed by atoms with van der Waals surface area (Å²) in [6, 6.07) is 22.6. The standard InChI is InChI=1S/C30H28N2O3S.Li.H/c1-20-7-3-5-9-24(20)26-18-21(11-12-22-17-23-8-4-6-10-27(23)31-19-22)13-14-25(26)29(33)32-28(30(34)35)15-16-36-2;;/h3-14,17-19,28H,15-16H2,1-2H3,(H,32,33)(H,34,35);;/q;+1;-1/b12-11+;;. The maximum atomic E-state index is 13.2. The minimum atomic E-state index is -1.03. The zero-order chi connectivity index (χ0) is 25.5. The van der Waals surface area contributed by atoms with E-state index in [-0.39, 0.29) is 20.3 Å². The molecule has 4 rings (SSSR count). The molecular formula is C30H29LiN2O3S.